The first kappa shape index (κ1) is 21.0. The number of benzene rings is 3. The molecule has 0 saturated carbocycles. The van der Waals surface area contributed by atoms with Gasteiger partial charge in [-0.1, -0.05) is 49.7 Å². The van der Waals surface area contributed by atoms with Crippen LogP contribution in [0.5, 0.6) is 17.2 Å². The zero-order chi connectivity index (χ0) is 23.1. The Kier molecular flexibility index (Phi) is 5.15. The SMILES string of the molecule is CCCCOc1ccc2c(c1)Oc1cc(C)ccc1C21OC(c2cccs2)=Nc2ccccc21. The topological polar surface area (TPSA) is 40.0 Å². The Bertz CT molecular complexity index is 1390. The molecule has 4 nitrogen and oxygen atoms in total. The van der Waals surface area contributed by atoms with E-state index in [0.29, 0.717) is 12.5 Å². The number of nitrogens with zero attached hydrogens (tertiary/aromatic N) is 1. The maximum Gasteiger partial charge on any atom is 0.233 e. The number of ether oxygens (including phenoxy) is 3. The molecule has 0 aliphatic carbocycles. The third-order valence-corrected chi connectivity index (χ3v) is 7.18. The number of hydrogen-bond acceptors (Lipinski definition) is 5. The zero-order valence-corrected chi connectivity index (χ0v) is 20.0. The van der Waals surface area contributed by atoms with Gasteiger partial charge in [0.15, 0.2) is 5.60 Å². The molecule has 3 aromatic carbocycles. The maximum absolute atomic E-state index is 6.96. The molecule has 1 aromatic heterocycles. The van der Waals surface area contributed by atoms with Crippen molar-refractivity contribution in [2.75, 3.05) is 6.61 Å². The van der Waals surface area contributed by atoms with Crippen molar-refractivity contribution in [2.45, 2.75) is 32.3 Å². The first-order chi connectivity index (χ1) is 16.7. The summed E-state index contributed by atoms with van der Waals surface area (Å²) < 4.78 is 19.4. The third kappa shape index (κ3) is 3.31. The van der Waals surface area contributed by atoms with Crippen LogP contribution >= 0.6 is 11.3 Å². The number of para-hydroxylation sites is 1. The molecule has 1 spiro atoms. The van der Waals surface area contributed by atoms with Crippen molar-refractivity contribution in [1.82, 2.24) is 0 Å². The van der Waals surface area contributed by atoms with Gasteiger partial charge < -0.3 is 14.2 Å². The van der Waals surface area contributed by atoms with E-state index in [1.165, 1.54) is 0 Å². The van der Waals surface area contributed by atoms with Crippen molar-refractivity contribution in [2.24, 2.45) is 4.99 Å². The number of aryl methyl sites for hydroxylation is 1. The molecule has 2 aliphatic rings. The van der Waals surface area contributed by atoms with Crippen LogP contribution in [0.3, 0.4) is 0 Å². The van der Waals surface area contributed by atoms with Crippen LogP contribution in [0.15, 0.2) is 83.2 Å². The molecule has 3 heterocycles. The average Bonchev–Trinajstić information content (AvgIpc) is 3.39. The summed E-state index contributed by atoms with van der Waals surface area (Å²) in [6.45, 7) is 4.92. The molecule has 0 fully saturated rings. The van der Waals surface area contributed by atoms with Crippen molar-refractivity contribution in [3.8, 4) is 17.2 Å². The van der Waals surface area contributed by atoms with E-state index in [2.05, 4.69) is 50.2 Å². The van der Waals surface area contributed by atoms with Gasteiger partial charge in [-0.15, -0.1) is 11.3 Å². The molecule has 0 bridgehead atoms. The first-order valence-electron chi connectivity index (χ1n) is 11.7. The van der Waals surface area contributed by atoms with Crippen molar-refractivity contribution < 1.29 is 14.2 Å². The smallest absolute Gasteiger partial charge is 0.233 e. The number of unbranched alkanes of at least 4 members (excludes halogenated alkanes) is 1. The minimum absolute atomic E-state index is 0.622. The van der Waals surface area contributed by atoms with E-state index in [9.17, 15) is 0 Å². The summed E-state index contributed by atoms with van der Waals surface area (Å²) in [5, 5.41) is 2.05. The van der Waals surface area contributed by atoms with Crippen molar-refractivity contribution >= 4 is 22.9 Å². The van der Waals surface area contributed by atoms with Gasteiger partial charge in [-0.25, -0.2) is 4.99 Å². The molecule has 1 atom stereocenters. The largest absolute Gasteiger partial charge is 0.493 e. The molecule has 4 aromatic rings. The van der Waals surface area contributed by atoms with Crippen LogP contribution in [0.4, 0.5) is 5.69 Å². The number of thiophene rings is 1. The first-order valence-corrected chi connectivity index (χ1v) is 12.5. The van der Waals surface area contributed by atoms with E-state index >= 15 is 0 Å². The van der Waals surface area contributed by atoms with Gasteiger partial charge in [-0.3, -0.25) is 0 Å². The summed E-state index contributed by atoms with van der Waals surface area (Å²) in [7, 11) is 0. The predicted molar refractivity (Wildman–Crippen MR) is 136 cm³/mol. The van der Waals surface area contributed by atoms with E-state index in [-0.39, 0.29) is 0 Å². The fraction of sp³-hybridized carbons (Fsp3) is 0.207. The third-order valence-electron chi connectivity index (χ3n) is 6.32. The number of fused-ring (bicyclic) bond motifs is 6. The lowest BCUT2D eigenvalue weighted by Crippen LogP contribution is -2.39. The molecule has 0 radical (unpaired) electrons. The lowest BCUT2D eigenvalue weighted by atomic mass is 9.76. The Balaban J connectivity index is 1.59. The van der Waals surface area contributed by atoms with Crippen LogP contribution in [-0.4, -0.2) is 12.5 Å². The summed E-state index contributed by atoms with van der Waals surface area (Å²) >= 11 is 1.62. The molecular weight excluding hydrogens is 442 g/mol. The summed E-state index contributed by atoms with van der Waals surface area (Å²) in [5.41, 5.74) is 4.08. The van der Waals surface area contributed by atoms with Gasteiger partial charge in [0.25, 0.3) is 0 Å². The summed E-state index contributed by atoms with van der Waals surface area (Å²) in [5.74, 6) is 2.96. The van der Waals surface area contributed by atoms with Crippen LogP contribution in [0.1, 0.15) is 46.9 Å². The lowest BCUT2D eigenvalue weighted by Gasteiger charge is -2.43. The van der Waals surface area contributed by atoms with E-state index < -0.39 is 5.60 Å². The average molecular weight is 468 g/mol. The summed E-state index contributed by atoms with van der Waals surface area (Å²) in [6.07, 6.45) is 2.10. The van der Waals surface area contributed by atoms with Crippen LogP contribution in [0, 0.1) is 6.92 Å². The Morgan fingerprint density at radius 3 is 2.56 bits per heavy atom. The Labute approximate surface area is 203 Å². The van der Waals surface area contributed by atoms with Crippen molar-refractivity contribution in [3.05, 3.63) is 105 Å². The Hall–Kier alpha value is -3.57. The van der Waals surface area contributed by atoms with Crippen molar-refractivity contribution in [1.29, 1.82) is 0 Å². The fourth-order valence-corrected chi connectivity index (χ4v) is 5.33. The normalized spacial score (nSPS) is 17.6. The van der Waals surface area contributed by atoms with Crippen LogP contribution in [-0.2, 0) is 10.3 Å². The molecule has 5 heteroatoms. The fourth-order valence-electron chi connectivity index (χ4n) is 4.68. The highest BCUT2D eigenvalue weighted by molar-refractivity contribution is 7.12. The molecule has 0 N–H and O–H groups in total. The highest BCUT2D eigenvalue weighted by Gasteiger charge is 2.50. The van der Waals surface area contributed by atoms with Gasteiger partial charge in [0.2, 0.25) is 5.90 Å². The molecule has 2 aliphatic heterocycles. The van der Waals surface area contributed by atoms with Crippen LogP contribution in [0.25, 0.3) is 0 Å². The van der Waals surface area contributed by atoms with Gasteiger partial charge in [-0.2, -0.15) is 0 Å². The highest BCUT2D eigenvalue weighted by Crippen LogP contribution is 2.56. The Morgan fingerprint density at radius 2 is 1.74 bits per heavy atom. The maximum atomic E-state index is 6.96. The number of hydrogen-bond donors (Lipinski definition) is 0. The van der Waals surface area contributed by atoms with E-state index in [4.69, 9.17) is 19.2 Å². The standard InChI is InChI=1S/C29H25NO3S/c1-3-4-15-31-20-12-14-23-26(18-20)32-25-17-19(2)11-13-22(25)29(23)21-8-5-6-9-24(21)30-28(33-29)27-10-7-16-34-27/h5-14,16-18H,3-4,15H2,1-2H3. The molecule has 1 unspecified atom stereocenters. The second-order valence-electron chi connectivity index (χ2n) is 8.66. The van der Waals surface area contributed by atoms with Gasteiger partial charge in [0, 0.05) is 22.8 Å². The van der Waals surface area contributed by atoms with Gasteiger partial charge in [0.05, 0.1) is 17.2 Å². The minimum Gasteiger partial charge on any atom is -0.493 e. The monoisotopic (exact) mass is 467 g/mol. The summed E-state index contributed by atoms with van der Waals surface area (Å²) in [6, 6.07) is 24.7. The highest BCUT2D eigenvalue weighted by atomic mass is 32.1. The van der Waals surface area contributed by atoms with Gasteiger partial charge in [0.1, 0.15) is 17.2 Å². The number of aliphatic imine (C=N–C) groups is 1. The molecular formula is C29H25NO3S. The van der Waals surface area contributed by atoms with Gasteiger partial charge in [-0.05, 0) is 54.6 Å². The predicted octanol–water partition coefficient (Wildman–Crippen LogP) is 7.74. The second-order valence-corrected chi connectivity index (χ2v) is 9.60. The quantitative estimate of drug-likeness (QED) is 0.282. The number of rotatable bonds is 5. The Morgan fingerprint density at radius 1 is 0.912 bits per heavy atom. The molecule has 6 rings (SSSR count). The van der Waals surface area contributed by atoms with Crippen molar-refractivity contribution in [3.63, 3.8) is 0 Å². The molecule has 0 amide bonds. The molecule has 0 saturated heterocycles. The van der Waals surface area contributed by atoms with E-state index in [1.807, 2.05) is 41.8 Å². The zero-order valence-electron chi connectivity index (χ0n) is 19.2. The minimum atomic E-state index is -0.879. The molecule has 34 heavy (non-hydrogen) atoms. The lowest BCUT2D eigenvalue weighted by molar-refractivity contribution is 0.124. The van der Waals surface area contributed by atoms with E-state index in [1.54, 1.807) is 11.3 Å². The second kappa shape index (κ2) is 8.33. The van der Waals surface area contributed by atoms with Crippen LogP contribution in [0.2, 0.25) is 0 Å². The van der Waals surface area contributed by atoms with Crippen LogP contribution < -0.4 is 9.47 Å². The molecule has 170 valence electrons. The van der Waals surface area contributed by atoms with Gasteiger partial charge >= 0.3 is 0 Å². The summed E-state index contributed by atoms with van der Waals surface area (Å²) in [4.78, 5) is 5.90. The van der Waals surface area contributed by atoms with E-state index in [0.717, 1.165) is 62.9 Å².